The van der Waals surface area contributed by atoms with E-state index in [1.165, 1.54) is 17.1 Å². The van der Waals surface area contributed by atoms with Crippen LogP contribution in [0.25, 0.3) is 17.3 Å². The van der Waals surface area contributed by atoms with Gasteiger partial charge in [0.25, 0.3) is 0 Å². The number of aromatic nitrogens is 6. The molecule has 212 valence electrons. The number of carbonyl (C=O) groups is 1. The monoisotopic (exact) mass is 609 g/mol. The standard InChI is InChI=1S/C29H29Cl2N7O2S/c1-15-6-22-21(10-33-35-22)25(26(15)31)24-16(2)38(36-27(24)17-4-5-18-12-41(40)13-19(18)7-17)20-8-29(3,9-20)34-28(39)37-11-23(30)32-14-37/h4-7,10-11,14,20,25-26H,8-9,12-13H2,1-3H3,(H,33,35)(H,34,39). The van der Waals surface area contributed by atoms with Gasteiger partial charge < -0.3 is 5.32 Å². The Bertz CT molecular complexity index is 1760. The van der Waals surface area contributed by atoms with Gasteiger partial charge in [-0.3, -0.25) is 18.6 Å². The van der Waals surface area contributed by atoms with E-state index in [0.717, 1.165) is 63.3 Å². The second kappa shape index (κ2) is 9.68. The highest BCUT2D eigenvalue weighted by atomic mass is 35.5. The molecule has 9 nitrogen and oxygen atoms in total. The highest BCUT2D eigenvalue weighted by molar-refractivity contribution is 7.83. The van der Waals surface area contributed by atoms with Crippen LogP contribution in [0.1, 0.15) is 72.3 Å². The van der Waals surface area contributed by atoms with Gasteiger partial charge in [-0.1, -0.05) is 29.3 Å². The number of hydrogen-bond donors (Lipinski definition) is 2. The van der Waals surface area contributed by atoms with E-state index in [1.54, 1.807) is 0 Å². The van der Waals surface area contributed by atoms with E-state index in [4.69, 9.17) is 28.3 Å². The number of carbonyl (C=O) groups excluding carboxylic acids is 1. The minimum absolute atomic E-state index is 0.0962. The second-order valence-electron chi connectivity index (χ2n) is 11.7. The summed E-state index contributed by atoms with van der Waals surface area (Å²) in [6.45, 7) is 6.20. The van der Waals surface area contributed by atoms with Gasteiger partial charge in [0.1, 0.15) is 11.5 Å². The van der Waals surface area contributed by atoms with Crippen molar-refractivity contribution in [1.82, 2.24) is 34.8 Å². The van der Waals surface area contributed by atoms with Gasteiger partial charge in [0, 0.05) is 56.1 Å². The third-order valence-electron chi connectivity index (χ3n) is 8.67. The normalized spacial score (nSPS) is 26.7. The molecule has 1 saturated carbocycles. The summed E-state index contributed by atoms with van der Waals surface area (Å²) >= 11 is 13.0. The number of rotatable bonds is 4. The van der Waals surface area contributed by atoms with Crippen molar-refractivity contribution in [3.8, 4) is 11.3 Å². The Morgan fingerprint density at radius 3 is 2.76 bits per heavy atom. The first-order valence-corrected chi connectivity index (χ1v) is 15.8. The summed E-state index contributed by atoms with van der Waals surface area (Å²) in [5.74, 6) is 1.03. The highest BCUT2D eigenvalue weighted by Gasteiger charge is 2.45. The molecule has 1 fully saturated rings. The van der Waals surface area contributed by atoms with Crippen molar-refractivity contribution in [3.05, 3.63) is 81.3 Å². The summed E-state index contributed by atoms with van der Waals surface area (Å²) in [6, 6.07) is 6.14. The molecule has 2 N–H and O–H groups in total. The molecule has 0 spiro atoms. The molecule has 3 atom stereocenters. The third kappa shape index (κ3) is 4.47. The van der Waals surface area contributed by atoms with Crippen molar-refractivity contribution in [2.24, 2.45) is 0 Å². The van der Waals surface area contributed by atoms with E-state index >= 15 is 0 Å². The van der Waals surface area contributed by atoms with Gasteiger partial charge >= 0.3 is 6.03 Å². The molecule has 1 amide bonds. The molecule has 3 aliphatic rings. The first-order chi connectivity index (χ1) is 19.6. The Morgan fingerprint density at radius 2 is 2.00 bits per heavy atom. The van der Waals surface area contributed by atoms with Crippen molar-refractivity contribution < 1.29 is 9.00 Å². The highest BCUT2D eigenvalue weighted by Crippen LogP contribution is 2.48. The lowest BCUT2D eigenvalue weighted by molar-refractivity contribution is 0.123. The Kier molecular flexibility index (Phi) is 6.29. The maximum Gasteiger partial charge on any atom is 0.327 e. The van der Waals surface area contributed by atoms with Crippen molar-refractivity contribution in [2.45, 2.75) is 68.0 Å². The number of allylic oxidation sites excluding steroid dienone is 1. The van der Waals surface area contributed by atoms with Crippen LogP contribution in [0.2, 0.25) is 5.15 Å². The SMILES string of the molecule is CC1=Cc2[nH]ncc2C(c2c(-c3ccc4c(c3)CS(=O)C4)nn(C3CC(C)(NC(=O)n4cnc(Cl)c4)C3)c2C)C1Cl. The zero-order valence-corrected chi connectivity index (χ0v) is 25.1. The molecule has 1 aromatic carbocycles. The van der Waals surface area contributed by atoms with E-state index < -0.39 is 16.3 Å². The summed E-state index contributed by atoms with van der Waals surface area (Å²) in [5.41, 5.74) is 8.92. The molecule has 0 bridgehead atoms. The van der Waals surface area contributed by atoms with E-state index in [2.05, 4.69) is 56.4 Å². The van der Waals surface area contributed by atoms with Crippen molar-refractivity contribution >= 4 is 46.1 Å². The zero-order chi connectivity index (χ0) is 28.6. The molecule has 2 aliphatic carbocycles. The molecule has 1 aliphatic heterocycles. The summed E-state index contributed by atoms with van der Waals surface area (Å²) in [7, 11) is -0.868. The summed E-state index contributed by atoms with van der Waals surface area (Å²) in [4.78, 5) is 16.7. The van der Waals surface area contributed by atoms with Crippen LogP contribution in [-0.2, 0) is 22.3 Å². The summed E-state index contributed by atoms with van der Waals surface area (Å²) in [5, 5.41) is 15.8. The topological polar surface area (TPSA) is 110 Å². The van der Waals surface area contributed by atoms with Crippen LogP contribution in [0.4, 0.5) is 4.79 Å². The van der Waals surface area contributed by atoms with Crippen molar-refractivity contribution in [3.63, 3.8) is 0 Å². The molecule has 4 aromatic rings. The zero-order valence-electron chi connectivity index (χ0n) is 22.8. The van der Waals surface area contributed by atoms with Gasteiger partial charge in [-0.25, -0.2) is 9.78 Å². The Morgan fingerprint density at radius 1 is 1.22 bits per heavy atom. The van der Waals surface area contributed by atoms with Gasteiger partial charge in [0.2, 0.25) is 0 Å². The van der Waals surface area contributed by atoms with Crippen molar-refractivity contribution in [1.29, 1.82) is 0 Å². The van der Waals surface area contributed by atoms with Gasteiger partial charge in [-0.2, -0.15) is 10.2 Å². The number of aromatic amines is 1. The Labute approximate surface area is 249 Å². The molecular formula is C29H29Cl2N7O2S. The van der Waals surface area contributed by atoms with E-state index in [1.807, 2.05) is 20.0 Å². The molecule has 4 heterocycles. The fourth-order valence-corrected chi connectivity index (χ4v) is 8.42. The Balaban J connectivity index is 1.27. The molecule has 3 unspecified atom stereocenters. The maximum atomic E-state index is 12.8. The lowest BCUT2D eigenvalue weighted by Gasteiger charge is -2.46. The second-order valence-corrected chi connectivity index (χ2v) is 14.0. The van der Waals surface area contributed by atoms with Crippen LogP contribution in [0.3, 0.4) is 0 Å². The van der Waals surface area contributed by atoms with Crippen LogP contribution in [-0.4, -0.2) is 50.7 Å². The molecule has 12 heteroatoms. The largest absolute Gasteiger partial charge is 0.332 e. The van der Waals surface area contributed by atoms with E-state index in [-0.39, 0.29) is 28.5 Å². The third-order valence-corrected chi connectivity index (χ3v) is 10.7. The van der Waals surface area contributed by atoms with Crippen LogP contribution in [0.15, 0.2) is 42.5 Å². The molecule has 0 radical (unpaired) electrons. The van der Waals surface area contributed by atoms with E-state index in [0.29, 0.717) is 11.5 Å². The smallest absolute Gasteiger partial charge is 0.327 e. The molecule has 3 aromatic heterocycles. The lowest BCUT2D eigenvalue weighted by Crippen LogP contribution is -2.56. The number of alkyl halides is 1. The maximum absolute atomic E-state index is 12.8. The number of amides is 1. The Hall–Kier alpha value is -3.21. The number of benzene rings is 1. The van der Waals surface area contributed by atoms with E-state index in [9.17, 15) is 9.00 Å². The number of nitrogens with zero attached hydrogens (tertiary/aromatic N) is 5. The van der Waals surface area contributed by atoms with Gasteiger partial charge in [-0.05, 0) is 56.9 Å². The number of hydrogen-bond acceptors (Lipinski definition) is 5. The molecule has 41 heavy (non-hydrogen) atoms. The van der Waals surface area contributed by atoms with Crippen LogP contribution >= 0.6 is 23.2 Å². The molecule has 7 rings (SSSR count). The number of halogens is 2. The molecule has 0 saturated heterocycles. The summed E-state index contributed by atoms with van der Waals surface area (Å²) < 4.78 is 15.8. The first-order valence-electron chi connectivity index (χ1n) is 13.5. The fraction of sp³-hybridized carbons (Fsp3) is 0.379. The summed E-state index contributed by atoms with van der Waals surface area (Å²) in [6.07, 6.45) is 8.27. The van der Waals surface area contributed by atoms with Crippen LogP contribution in [0, 0.1) is 6.92 Å². The fourth-order valence-electron chi connectivity index (χ4n) is 6.61. The van der Waals surface area contributed by atoms with Crippen LogP contribution < -0.4 is 5.32 Å². The predicted molar refractivity (Wildman–Crippen MR) is 160 cm³/mol. The molecular weight excluding hydrogens is 581 g/mol. The first kappa shape index (κ1) is 26.7. The van der Waals surface area contributed by atoms with Crippen LogP contribution in [0.5, 0.6) is 0 Å². The lowest BCUT2D eigenvalue weighted by atomic mass is 9.74. The average Bonchev–Trinajstić information content (AvgIpc) is 3.69. The van der Waals surface area contributed by atoms with Crippen molar-refractivity contribution in [2.75, 3.05) is 0 Å². The minimum atomic E-state index is -0.868. The number of fused-ring (bicyclic) bond motifs is 2. The van der Waals surface area contributed by atoms with Gasteiger partial charge in [-0.15, -0.1) is 11.6 Å². The minimum Gasteiger partial charge on any atom is -0.332 e. The number of nitrogens with one attached hydrogen (secondary N) is 2. The average molecular weight is 611 g/mol. The number of H-pyrrole nitrogens is 1. The number of imidazole rings is 1. The predicted octanol–water partition coefficient (Wildman–Crippen LogP) is 5.70. The van der Waals surface area contributed by atoms with Gasteiger partial charge in [0.15, 0.2) is 0 Å². The van der Waals surface area contributed by atoms with Gasteiger partial charge in [0.05, 0.1) is 35.2 Å². The quantitative estimate of drug-likeness (QED) is 0.288.